The van der Waals surface area contributed by atoms with Crippen LogP contribution in [-0.4, -0.2) is 36.9 Å². The lowest BCUT2D eigenvalue weighted by Gasteiger charge is -2.18. The van der Waals surface area contributed by atoms with Crippen molar-refractivity contribution in [2.75, 3.05) is 20.2 Å². The van der Waals surface area contributed by atoms with Crippen LogP contribution >= 0.6 is 0 Å². The van der Waals surface area contributed by atoms with E-state index in [4.69, 9.17) is 4.74 Å². The predicted molar refractivity (Wildman–Crippen MR) is 97.9 cm³/mol. The van der Waals surface area contributed by atoms with Crippen LogP contribution in [0.2, 0.25) is 0 Å². The molecule has 0 heterocycles. The molecule has 25 heavy (non-hydrogen) atoms. The summed E-state index contributed by atoms with van der Waals surface area (Å²) >= 11 is 0. The molecule has 2 amide bonds. The Bertz CT molecular complexity index is 722. The van der Waals surface area contributed by atoms with E-state index in [1.165, 1.54) is 0 Å². The Kier molecular flexibility index (Phi) is 6.57. The molecule has 0 spiro atoms. The minimum atomic E-state index is -0.204. The average Bonchev–Trinajstić information content (AvgIpc) is 2.67. The summed E-state index contributed by atoms with van der Waals surface area (Å²) in [6.45, 7) is 5.57. The molecule has 0 aliphatic heterocycles. The predicted octanol–water partition coefficient (Wildman–Crippen LogP) is 3.11. The van der Waals surface area contributed by atoms with Gasteiger partial charge < -0.3 is 15.0 Å². The molecule has 0 unspecified atom stereocenters. The van der Waals surface area contributed by atoms with Crippen molar-refractivity contribution in [2.24, 2.45) is 0 Å². The molecule has 0 saturated carbocycles. The van der Waals surface area contributed by atoms with Gasteiger partial charge >= 0.3 is 0 Å². The van der Waals surface area contributed by atoms with Crippen molar-refractivity contribution in [3.8, 4) is 5.75 Å². The van der Waals surface area contributed by atoms with Gasteiger partial charge in [0.15, 0.2) is 0 Å². The van der Waals surface area contributed by atoms with Crippen LogP contribution in [0.1, 0.15) is 40.1 Å². The lowest BCUT2D eigenvalue weighted by molar-refractivity contribution is 0.0773. The molecule has 2 aromatic rings. The van der Waals surface area contributed by atoms with Crippen molar-refractivity contribution < 1.29 is 14.3 Å². The smallest absolute Gasteiger partial charge is 0.253 e. The SMILES string of the molecule is CCN(CC)C(=O)c1cccc(C(=O)NCc2ccc(OC)cc2)c1. The van der Waals surface area contributed by atoms with Crippen molar-refractivity contribution >= 4 is 11.8 Å². The molecule has 1 N–H and O–H groups in total. The number of hydrogen-bond donors (Lipinski definition) is 1. The van der Waals surface area contributed by atoms with Crippen LogP contribution < -0.4 is 10.1 Å². The third kappa shape index (κ3) is 4.83. The van der Waals surface area contributed by atoms with Crippen LogP contribution in [0, 0.1) is 0 Å². The molecule has 0 aliphatic carbocycles. The normalized spacial score (nSPS) is 10.2. The molecule has 132 valence electrons. The average molecular weight is 340 g/mol. The van der Waals surface area contributed by atoms with Gasteiger partial charge in [-0.1, -0.05) is 18.2 Å². The van der Waals surface area contributed by atoms with E-state index >= 15 is 0 Å². The number of amides is 2. The standard InChI is InChI=1S/C20H24N2O3/c1-4-22(5-2)20(24)17-8-6-7-16(13-17)19(23)21-14-15-9-11-18(25-3)12-10-15/h6-13H,4-5,14H2,1-3H3,(H,21,23). The maximum Gasteiger partial charge on any atom is 0.253 e. The Morgan fingerprint density at radius 2 is 1.64 bits per heavy atom. The Morgan fingerprint density at radius 1 is 1.00 bits per heavy atom. The second kappa shape index (κ2) is 8.87. The Balaban J connectivity index is 2.03. The molecular formula is C20H24N2O3. The van der Waals surface area contributed by atoms with Gasteiger partial charge in [0.05, 0.1) is 7.11 Å². The van der Waals surface area contributed by atoms with Gasteiger partial charge in [-0.3, -0.25) is 9.59 Å². The van der Waals surface area contributed by atoms with Crippen molar-refractivity contribution in [3.05, 3.63) is 65.2 Å². The molecule has 0 aliphatic rings. The number of carbonyl (C=O) groups is 2. The number of benzene rings is 2. The van der Waals surface area contributed by atoms with E-state index in [1.54, 1.807) is 36.3 Å². The van der Waals surface area contributed by atoms with Crippen molar-refractivity contribution in [1.29, 1.82) is 0 Å². The number of ether oxygens (including phenoxy) is 1. The van der Waals surface area contributed by atoms with Crippen LogP contribution in [0.3, 0.4) is 0 Å². The van der Waals surface area contributed by atoms with Gasteiger partial charge in [0.2, 0.25) is 0 Å². The number of hydrogen-bond acceptors (Lipinski definition) is 3. The van der Waals surface area contributed by atoms with Crippen molar-refractivity contribution in [1.82, 2.24) is 10.2 Å². The quantitative estimate of drug-likeness (QED) is 0.842. The van der Waals surface area contributed by atoms with Crippen LogP contribution in [0.15, 0.2) is 48.5 Å². The third-order valence-electron chi connectivity index (χ3n) is 4.03. The van der Waals surface area contributed by atoms with Crippen LogP contribution in [0.4, 0.5) is 0 Å². The molecule has 0 fully saturated rings. The molecule has 0 saturated heterocycles. The van der Waals surface area contributed by atoms with E-state index in [0.717, 1.165) is 11.3 Å². The zero-order valence-corrected chi connectivity index (χ0v) is 14.9. The first kappa shape index (κ1) is 18.5. The Morgan fingerprint density at radius 3 is 2.24 bits per heavy atom. The molecule has 5 nitrogen and oxygen atoms in total. The second-order valence-electron chi connectivity index (χ2n) is 5.59. The molecule has 0 atom stereocenters. The number of methoxy groups -OCH3 is 1. The maximum atomic E-state index is 12.4. The van der Waals surface area contributed by atoms with Gasteiger partial charge in [0.1, 0.15) is 5.75 Å². The molecule has 5 heteroatoms. The summed E-state index contributed by atoms with van der Waals surface area (Å²) in [4.78, 5) is 26.5. The molecule has 2 aromatic carbocycles. The highest BCUT2D eigenvalue weighted by molar-refractivity contribution is 5.99. The number of nitrogens with one attached hydrogen (secondary N) is 1. The monoisotopic (exact) mass is 340 g/mol. The summed E-state index contributed by atoms with van der Waals surface area (Å²) in [6.07, 6.45) is 0. The highest BCUT2D eigenvalue weighted by Gasteiger charge is 2.14. The fraction of sp³-hybridized carbons (Fsp3) is 0.300. The number of nitrogens with zero attached hydrogens (tertiary/aromatic N) is 1. The van der Waals surface area contributed by atoms with E-state index in [2.05, 4.69) is 5.32 Å². The fourth-order valence-corrected chi connectivity index (χ4v) is 2.51. The van der Waals surface area contributed by atoms with Crippen molar-refractivity contribution in [3.63, 3.8) is 0 Å². The van der Waals surface area contributed by atoms with Crippen molar-refractivity contribution in [2.45, 2.75) is 20.4 Å². The first-order valence-corrected chi connectivity index (χ1v) is 8.39. The zero-order chi connectivity index (χ0) is 18.2. The first-order valence-electron chi connectivity index (χ1n) is 8.39. The summed E-state index contributed by atoms with van der Waals surface area (Å²) in [5.41, 5.74) is 1.98. The van der Waals surface area contributed by atoms with E-state index in [0.29, 0.717) is 30.8 Å². The zero-order valence-electron chi connectivity index (χ0n) is 14.9. The van der Waals surface area contributed by atoms with E-state index in [1.807, 2.05) is 38.1 Å². The van der Waals surface area contributed by atoms with Gasteiger partial charge in [-0.25, -0.2) is 0 Å². The van der Waals surface area contributed by atoms with Crippen LogP contribution in [0.25, 0.3) is 0 Å². The van der Waals surface area contributed by atoms with Crippen LogP contribution in [-0.2, 0) is 6.54 Å². The van der Waals surface area contributed by atoms with E-state index in [-0.39, 0.29) is 11.8 Å². The van der Waals surface area contributed by atoms with Gasteiger partial charge in [-0.2, -0.15) is 0 Å². The lowest BCUT2D eigenvalue weighted by atomic mass is 10.1. The van der Waals surface area contributed by atoms with Gasteiger partial charge in [-0.15, -0.1) is 0 Å². The first-order chi connectivity index (χ1) is 12.1. The number of rotatable bonds is 7. The maximum absolute atomic E-state index is 12.4. The Labute approximate surface area is 148 Å². The van der Waals surface area contributed by atoms with Crippen LogP contribution in [0.5, 0.6) is 5.75 Å². The summed E-state index contributed by atoms with van der Waals surface area (Å²) in [7, 11) is 1.61. The fourth-order valence-electron chi connectivity index (χ4n) is 2.51. The number of carbonyl (C=O) groups excluding carboxylic acids is 2. The summed E-state index contributed by atoms with van der Waals surface area (Å²) < 4.78 is 5.11. The van der Waals surface area contributed by atoms with Gasteiger partial charge in [-0.05, 0) is 49.7 Å². The molecule has 0 bridgehead atoms. The van der Waals surface area contributed by atoms with E-state index in [9.17, 15) is 9.59 Å². The van der Waals surface area contributed by atoms with E-state index < -0.39 is 0 Å². The highest BCUT2D eigenvalue weighted by Crippen LogP contribution is 2.12. The molecule has 0 radical (unpaired) electrons. The lowest BCUT2D eigenvalue weighted by Crippen LogP contribution is -2.30. The summed E-state index contributed by atoms with van der Waals surface area (Å²) in [5, 5.41) is 2.87. The third-order valence-corrected chi connectivity index (χ3v) is 4.03. The van der Waals surface area contributed by atoms with Gasteiger partial charge in [0.25, 0.3) is 11.8 Å². The second-order valence-corrected chi connectivity index (χ2v) is 5.59. The summed E-state index contributed by atoms with van der Waals surface area (Å²) in [6, 6.07) is 14.3. The van der Waals surface area contributed by atoms with Gasteiger partial charge in [0, 0.05) is 30.8 Å². The summed E-state index contributed by atoms with van der Waals surface area (Å²) in [5.74, 6) is 0.512. The molecule has 2 rings (SSSR count). The largest absolute Gasteiger partial charge is 0.497 e. The molecular weight excluding hydrogens is 316 g/mol. The topological polar surface area (TPSA) is 58.6 Å². The minimum absolute atomic E-state index is 0.0604. The minimum Gasteiger partial charge on any atom is -0.497 e. The molecule has 0 aromatic heterocycles. The Hall–Kier alpha value is -2.82. The highest BCUT2D eigenvalue weighted by atomic mass is 16.5.